The van der Waals surface area contributed by atoms with Gasteiger partial charge in [-0.2, -0.15) is 0 Å². The number of benzene rings is 1. The maximum atomic E-state index is 11.6. The molecule has 1 aliphatic heterocycles. The molecule has 1 heterocycles. The van der Waals surface area contributed by atoms with E-state index >= 15 is 0 Å². The van der Waals surface area contributed by atoms with E-state index in [2.05, 4.69) is 5.32 Å². The van der Waals surface area contributed by atoms with Crippen molar-refractivity contribution in [3.63, 3.8) is 0 Å². The number of hydrogen-bond acceptors (Lipinski definition) is 10. The van der Waals surface area contributed by atoms with Crippen molar-refractivity contribution in [2.45, 2.75) is 45.3 Å². The summed E-state index contributed by atoms with van der Waals surface area (Å²) < 4.78 is 21.2. The van der Waals surface area contributed by atoms with E-state index in [1.165, 1.54) is 25.1 Å². The van der Waals surface area contributed by atoms with Crippen LogP contribution in [-0.4, -0.2) is 54.0 Å². The Bertz CT molecular complexity index is 767. The summed E-state index contributed by atoms with van der Waals surface area (Å²) in [4.78, 5) is 44.8. The minimum absolute atomic E-state index is 0.151. The van der Waals surface area contributed by atoms with E-state index in [1.807, 2.05) is 0 Å². The third-order valence-electron chi connectivity index (χ3n) is 3.72. The molecule has 11 nitrogen and oxygen atoms in total. The molecule has 0 radical (unpaired) electrons. The number of esters is 3. The number of anilines is 1. The summed E-state index contributed by atoms with van der Waals surface area (Å²) in [6.07, 6.45) is -4.30. The van der Waals surface area contributed by atoms with Gasteiger partial charge in [0.25, 0.3) is 5.69 Å². The number of ether oxygens (including phenoxy) is 4. The van der Waals surface area contributed by atoms with Gasteiger partial charge in [-0.1, -0.05) is 6.07 Å². The Balaban J connectivity index is 2.30. The SMILES string of the molecule is CC(=O)O[C@@H]1[C@@H](OC(C)=O)[C@H](OC(C)=O)CO[C@H]1Nc1cccc([N+](=O)[O-])c1. The Morgan fingerprint density at radius 1 is 1.07 bits per heavy atom. The third kappa shape index (κ3) is 5.64. The zero-order valence-electron chi connectivity index (χ0n) is 15.4. The highest BCUT2D eigenvalue weighted by Crippen LogP contribution is 2.27. The largest absolute Gasteiger partial charge is 0.456 e. The first-order valence-corrected chi connectivity index (χ1v) is 8.31. The summed E-state index contributed by atoms with van der Waals surface area (Å²) in [5.41, 5.74) is 0.169. The maximum absolute atomic E-state index is 11.6. The molecule has 1 aromatic carbocycles. The fraction of sp³-hybridized carbons (Fsp3) is 0.471. The molecular weight excluding hydrogens is 376 g/mol. The molecule has 11 heteroatoms. The van der Waals surface area contributed by atoms with E-state index in [1.54, 1.807) is 6.07 Å². The van der Waals surface area contributed by atoms with Crippen LogP contribution in [0.4, 0.5) is 11.4 Å². The van der Waals surface area contributed by atoms with E-state index < -0.39 is 47.4 Å². The highest BCUT2D eigenvalue weighted by molar-refractivity contribution is 5.68. The molecule has 2 rings (SSSR count). The van der Waals surface area contributed by atoms with Gasteiger partial charge in [0, 0.05) is 38.6 Å². The van der Waals surface area contributed by atoms with Crippen molar-refractivity contribution < 1.29 is 38.3 Å². The Morgan fingerprint density at radius 3 is 2.25 bits per heavy atom. The summed E-state index contributed by atoms with van der Waals surface area (Å²) in [7, 11) is 0. The molecule has 1 aromatic rings. The molecule has 0 bridgehead atoms. The van der Waals surface area contributed by atoms with Crippen molar-refractivity contribution in [3.8, 4) is 0 Å². The van der Waals surface area contributed by atoms with Crippen molar-refractivity contribution in [3.05, 3.63) is 34.4 Å². The first-order valence-electron chi connectivity index (χ1n) is 8.31. The molecule has 0 spiro atoms. The van der Waals surface area contributed by atoms with E-state index in [0.717, 1.165) is 13.8 Å². The zero-order valence-corrected chi connectivity index (χ0v) is 15.4. The fourth-order valence-corrected chi connectivity index (χ4v) is 2.74. The number of nitrogens with one attached hydrogen (secondary N) is 1. The summed E-state index contributed by atoms with van der Waals surface area (Å²) in [5.74, 6) is -1.98. The Kier molecular flexibility index (Phi) is 6.88. The molecule has 152 valence electrons. The van der Waals surface area contributed by atoms with Crippen LogP contribution in [0.2, 0.25) is 0 Å². The minimum Gasteiger partial charge on any atom is -0.456 e. The molecule has 28 heavy (non-hydrogen) atoms. The number of carbonyl (C=O) groups is 3. The normalized spacial score (nSPS) is 24.0. The van der Waals surface area contributed by atoms with Gasteiger partial charge in [-0.25, -0.2) is 0 Å². The van der Waals surface area contributed by atoms with Crippen LogP contribution in [0.1, 0.15) is 20.8 Å². The standard InChI is InChI=1S/C17H20N2O9/c1-9(20)26-14-8-25-17(16(28-11(3)22)15(14)27-10(2)21)18-12-5-4-6-13(7-12)19(23)24/h4-7,14-18H,8H2,1-3H3/t14-,15+,16-,17-/m1/s1. The van der Waals surface area contributed by atoms with Gasteiger partial charge in [0.1, 0.15) is 0 Å². The molecule has 0 aromatic heterocycles. The lowest BCUT2D eigenvalue weighted by atomic mass is 10.0. The van der Waals surface area contributed by atoms with Crippen LogP contribution in [0.5, 0.6) is 0 Å². The van der Waals surface area contributed by atoms with Crippen LogP contribution in [0.3, 0.4) is 0 Å². The highest BCUT2D eigenvalue weighted by Gasteiger charge is 2.47. The van der Waals surface area contributed by atoms with Crippen molar-refractivity contribution in [1.82, 2.24) is 0 Å². The van der Waals surface area contributed by atoms with Crippen LogP contribution in [-0.2, 0) is 33.3 Å². The summed E-state index contributed by atoms with van der Waals surface area (Å²) in [6.45, 7) is 3.35. The van der Waals surface area contributed by atoms with Crippen molar-refractivity contribution in [2.75, 3.05) is 11.9 Å². The smallest absolute Gasteiger partial charge is 0.303 e. The van der Waals surface area contributed by atoms with E-state index in [9.17, 15) is 24.5 Å². The summed E-state index contributed by atoms with van der Waals surface area (Å²) in [5, 5.41) is 13.8. The summed E-state index contributed by atoms with van der Waals surface area (Å²) >= 11 is 0. The topological polar surface area (TPSA) is 143 Å². The van der Waals surface area contributed by atoms with Crippen LogP contribution in [0.25, 0.3) is 0 Å². The zero-order chi connectivity index (χ0) is 20.8. The lowest BCUT2D eigenvalue weighted by Crippen LogP contribution is -2.59. The number of hydrogen-bond donors (Lipinski definition) is 1. The lowest BCUT2D eigenvalue weighted by Gasteiger charge is -2.40. The van der Waals surface area contributed by atoms with Crippen molar-refractivity contribution in [2.24, 2.45) is 0 Å². The first-order chi connectivity index (χ1) is 13.2. The van der Waals surface area contributed by atoms with Gasteiger partial charge in [0.15, 0.2) is 24.5 Å². The number of carbonyl (C=O) groups excluding carboxylic acids is 3. The molecule has 1 saturated heterocycles. The van der Waals surface area contributed by atoms with Gasteiger partial charge < -0.3 is 24.3 Å². The number of rotatable bonds is 6. The van der Waals surface area contributed by atoms with Crippen molar-refractivity contribution >= 4 is 29.3 Å². The van der Waals surface area contributed by atoms with Crippen LogP contribution >= 0.6 is 0 Å². The molecular formula is C17H20N2O9. The predicted molar refractivity (Wildman–Crippen MR) is 93.1 cm³/mol. The molecule has 1 aliphatic rings. The molecule has 1 fully saturated rings. The molecule has 0 unspecified atom stereocenters. The number of non-ortho nitro benzene ring substituents is 1. The van der Waals surface area contributed by atoms with Crippen LogP contribution < -0.4 is 5.32 Å². The van der Waals surface area contributed by atoms with Gasteiger partial charge >= 0.3 is 17.9 Å². The first kappa shape index (κ1) is 21.1. The van der Waals surface area contributed by atoms with Gasteiger partial charge in [-0.15, -0.1) is 0 Å². The van der Waals surface area contributed by atoms with Gasteiger partial charge in [-0.3, -0.25) is 24.5 Å². The molecule has 0 aliphatic carbocycles. The quantitative estimate of drug-likeness (QED) is 0.322. The monoisotopic (exact) mass is 396 g/mol. The molecule has 0 saturated carbocycles. The summed E-state index contributed by atoms with van der Waals surface area (Å²) in [6, 6.07) is 5.61. The van der Waals surface area contributed by atoms with E-state index in [0.29, 0.717) is 5.69 Å². The number of nitro groups is 1. The predicted octanol–water partition coefficient (Wildman–Crippen LogP) is 1.16. The van der Waals surface area contributed by atoms with E-state index in [4.69, 9.17) is 18.9 Å². The average molecular weight is 396 g/mol. The number of nitro benzene ring substituents is 1. The molecule has 0 amide bonds. The highest BCUT2D eigenvalue weighted by atomic mass is 16.6. The lowest BCUT2D eigenvalue weighted by molar-refractivity contribution is -0.384. The molecule has 1 N–H and O–H groups in total. The second-order valence-corrected chi connectivity index (χ2v) is 6.00. The van der Waals surface area contributed by atoms with Crippen LogP contribution in [0.15, 0.2) is 24.3 Å². The van der Waals surface area contributed by atoms with E-state index in [-0.39, 0.29) is 12.3 Å². The maximum Gasteiger partial charge on any atom is 0.303 e. The van der Waals surface area contributed by atoms with Gasteiger partial charge in [-0.05, 0) is 6.07 Å². The second kappa shape index (κ2) is 9.13. The Hall–Kier alpha value is -3.21. The van der Waals surface area contributed by atoms with Crippen molar-refractivity contribution in [1.29, 1.82) is 0 Å². The van der Waals surface area contributed by atoms with Crippen LogP contribution in [0, 0.1) is 10.1 Å². The number of nitrogens with zero attached hydrogens (tertiary/aromatic N) is 1. The molecule has 4 atom stereocenters. The third-order valence-corrected chi connectivity index (χ3v) is 3.72. The fourth-order valence-electron chi connectivity index (χ4n) is 2.74. The minimum atomic E-state index is -1.17. The Labute approximate surface area is 160 Å². The van der Waals surface area contributed by atoms with Gasteiger partial charge in [0.2, 0.25) is 0 Å². The average Bonchev–Trinajstić information content (AvgIpc) is 2.59. The Morgan fingerprint density at radius 2 is 1.68 bits per heavy atom. The van der Waals surface area contributed by atoms with Gasteiger partial charge in [0.05, 0.1) is 11.5 Å². The second-order valence-electron chi connectivity index (χ2n) is 6.00.